The number of nitrogens with one attached hydrogen (secondary N) is 1. The zero-order valence-electron chi connectivity index (χ0n) is 35.0. The van der Waals surface area contributed by atoms with Gasteiger partial charge in [-0.2, -0.15) is 0 Å². The van der Waals surface area contributed by atoms with E-state index in [1.165, 1.54) is 14.0 Å². The Kier molecular flexibility index (Phi) is 16.8. The number of ether oxygens (including phenoxy) is 6. The highest BCUT2D eigenvalue weighted by atomic mass is 16.7. The largest absolute Gasteiger partial charge is 0.459 e. The van der Waals surface area contributed by atoms with Crippen molar-refractivity contribution in [1.29, 1.82) is 0 Å². The van der Waals surface area contributed by atoms with Crippen LogP contribution < -0.4 is 5.32 Å². The first-order chi connectivity index (χ1) is 25.0. The van der Waals surface area contributed by atoms with Gasteiger partial charge in [0.1, 0.15) is 23.9 Å². The van der Waals surface area contributed by atoms with Gasteiger partial charge in [0.2, 0.25) is 0 Å². The second-order valence-corrected chi connectivity index (χ2v) is 17.4. The van der Waals surface area contributed by atoms with Crippen molar-refractivity contribution in [2.45, 2.75) is 185 Å². The lowest BCUT2D eigenvalue weighted by Crippen LogP contribution is -2.62. The Morgan fingerprint density at radius 2 is 1.56 bits per heavy atom. The van der Waals surface area contributed by atoms with E-state index in [0.29, 0.717) is 6.42 Å². The molecule has 3 aliphatic heterocycles. The number of hydrogen-bond acceptors (Lipinski definition) is 15. The number of carbonyl (C=O) groups is 1. The summed E-state index contributed by atoms with van der Waals surface area (Å²) in [6.45, 7) is 17.3. The first kappa shape index (κ1) is 47.3. The van der Waals surface area contributed by atoms with Gasteiger partial charge in [-0.1, -0.05) is 27.7 Å². The molecule has 0 aromatic carbocycles. The highest BCUT2D eigenvalue weighted by Crippen LogP contribution is 2.41. The van der Waals surface area contributed by atoms with Gasteiger partial charge in [0.25, 0.3) is 0 Å². The fraction of sp³-hybridized carbons (Fsp3) is 0.974. The highest BCUT2D eigenvalue weighted by Gasteiger charge is 2.53. The van der Waals surface area contributed by atoms with E-state index >= 15 is 0 Å². The molecule has 15 nitrogen and oxygen atoms in total. The van der Waals surface area contributed by atoms with Crippen LogP contribution in [0.25, 0.3) is 0 Å². The van der Waals surface area contributed by atoms with Crippen LogP contribution >= 0.6 is 0 Å². The van der Waals surface area contributed by atoms with Crippen LogP contribution in [0.1, 0.15) is 94.9 Å². The van der Waals surface area contributed by atoms with Gasteiger partial charge >= 0.3 is 5.97 Å². The molecule has 0 spiro atoms. The maximum Gasteiger partial charge on any atom is 0.311 e. The van der Waals surface area contributed by atoms with E-state index in [2.05, 4.69) is 5.32 Å². The lowest BCUT2D eigenvalue weighted by Gasteiger charge is -2.49. The van der Waals surface area contributed by atoms with Crippen molar-refractivity contribution >= 4 is 5.97 Å². The number of aliphatic hydroxyl groups is 6. The monoisotopic (exact) mass is 779 g/mol. The summed E-state index contributed by atoms with van der Waals surface area (Å²) in [6, 6.07) is -0.839. The van der Waals surface area contributed by atoms with E-state index < -0.39 is 102 Å². The lowest BCUT2D eigenvalue weighted by atomic mass is 9.72. The molecule has 3 heterocycles. The average Bonchev–Trinajstić information content (AvgIpc) is 3.09. The number of cyclic esters (lactones) is 1. The number of esters is 1. The van der Waals surface area contributed by atoms with Gasteiger partial charge in [0.15, 0.2) is 12.6 Å². The predicted octanol–water partition coefficient (Wildman–Crippen LogP) is 1.17. The van der Waals surface area contributed by atoms with Crippen molar-refractivity contribution in [3.8, 4) is 0 Å². The van der Waals surface area contributed by atoms with Crippen molar-refractivity contribution in [3.63, 3.8) is 0 Å². The number of nitrogens with zero attached hydrogens (tertiary/aromatic N) is 1. The number of likely N-dealkylation sites (N-methyl/N-ethyl adjacent to an activating group) is 1. The highest BCUT2D eigenvalue weighted by molar-refractivity contribution is 5.73. The van der Waals surface area contributed by atoms with Gasteiger partial charge in [-0.25, -0.2) is 0 Å². The van der Waals surface area contributed by atoms with Crippen molar-refractivity contribution in [3.05, 3.63) is 0 Å². The quantitative estimate of drug-likeness (QED) is 0.155. The molecule has 0 amide bonds. The van der Waals surface area contributed by atoms with Gasteiger partial charge in [0.05, 0.1) is 54.2 Å². The van der Waals surface area contributed by atoms with Gasteiger partial charge in [-0.3, -0.25) is 4.79 Å². The molecule has 7 N–H and O–H groups in total. The summed E-state index contributed by atoms with van der Waals surface area (Å²) in [5.41, 5.74) is -4.60. The minimum absolute atomic E-state index is 0.0907. The third kappa shape index (κ3) is 10.5. The zero-order valence-corrected chi connectivity index (χ0v) is 35.0. The molecule has 0 aromatic rings. The fourth-order valence-corrected chi connectivity index (χ4v) is 9.22. The Balaban J connectivity index is 2.22. The molecule has 318 valence electrons. The Bertz CT molecular complexity index is 1180. The molecule has 15 heteroatoms. The molecule has 0 radical (unpaired) electrons. The minimum atomic E-state index is -1.88. The smallest absolute Gasteiger partial charge is 0.311 e. The molecule has 3 fully saturated rings. The van der Waals surface area contributed by atoms with E-state index in [1.807, 2.05) is 32.8 Å². The molecule has 0 saturated carbocycles. The Morgan fingerprint density at radius 1 is 0.926 bits per heavy atom. The second-order valence-electron chi connectivity index (χ2n) is 17.4. The summed E-state index contributed by atoms with van der Waals surface area (Å²) in [5, 5.41) is 71.9. The molecule has 0 aliphatic carbocycles. The Labute approximate surface area is 323 Å². The van der Waals surface area contributed by atoms with Gasteiger partial charge < -0.3 is 69.3 Å². The fourth-order valence-electron chi connectivity index (χ4n) is 9.22. The summed E-state index contributed by atoms with van der Waals surface area (Å²) >= 11 is 0. The van der Waals surface area contributed by atoms with Crippen LogP contribution in [-0.2, 0) is 33.2 Å². The van der Waals surface area contributed by atoms with E-state index in [4.69, 9.17) is 28.4 Å². The average molecular weight is 779 g/mol. The molecule has 54 heavy (non-hydrogen) atoms. The minimum Gasteiger partial charge on any atom is -0.459 e. The van der Waals surface area contributed by atoms with Crippen LogP contribution in [-0.4, -0.2) is 166 Å². The molecular formula is C39H74N2O13. The molecule has 0 aromatic heterocycles. The molecule has 3 saturated heterocycles. The molecule has 0 bridgehead atoms. The first-order valence-corrected chi connectivity index (χ1v) is 19.8. The number of hydrogen-bond donors (Lipinski definition) is 7. The van der Waals surface area contributed by atoms with Crippen LogP contribution in [0, 0.1) is 23.7 Å². The number of rotatable bonds is 10. The van der Waals surface area contributed by atoms with Crippen molar-refractivity contribution < 1.29 is 63.9 Å². The molecule has 19 atom stereocenters. The standard InChI is InChI=1S/C39H74N2O13/c1-14-27-39(10,48)32(44)22(4)29(40-15-16-42)20(2)18-37(8,47)34(54-36-30(43)26(41(11)12)17-21(3)50-36)23(5)31(24(6)35(46)52-27)53-28-19-38(9,49-13)33(45)25(7)51-28/h20-34,36,40,42-45,47-48H,14-19H2,1-13H3/t20-,21-,22+,23+,24-,25+,26+,27-,28+,29+,30-,31+,32-,33+,34-,36+,37-,38-,39-/m1/s1. The van der Waals surface area contributed by atoms with Gasteiger partial charge in [-0.05, 0) is 80.8 Å². The van der Waals surface area contributed by atoms with Crippen LogP contribution in [0.5, 0.6) is 0 Å². The molecular weight excluding hydrogens is 704 g/mol. The number of carbonyl (C=O) groups excluding carboxylic acids is 1. The van der Waals surface area contributed by atoms with Crippen LogP contribution in [0.2, 0.25) is 0 Å². The zero-order chi connectivity index (χ0) is 41.1. The normalized spacial score (nSPS) is 49.0. The number of methoxy groups -OCH3 is 1. The number of aliphatic hydroxyl groups excluding tert-OH is 4. The molecule has 3 rings (SSSR count). The van der Waals surface area contributed by atoms with Crippen LogP contribution in [0.15, 0.2) is 0 Å². The topological polar surface area (TPSA) is 209 Å². The van der Waals surface area contributed by atoms with E-state index in [1.54, 1.807) is 48.5 Å². The third-order valence-corrected chi connectivity index (χ3v) is 12.6. The van der Waals surface area contributed by atoms with E-state index in [0.717, 1.165) is 0 Å². The SMILES string of the molecule is CC[C@H]1OC(=O)[C@H](C)[C@@H](O[C@H]2C[C@@](C)(OC)[C@@H](O)[C@H](C)O2)[C@H](C)[C@@H](O[C@@H]2O[C@H](C)C[C@H](N(C)C)[C@H]2O)[C@](C)(O)C[C@@H](C)[C@H](NCCO)[C@H](C)[C@@H](O)[C@]1(C)O. The predicted molar refractivity (Wildman–Crippen MR) is 200 cm³/mol. The van der Waals surface area contributed by atoms with Gasteiger partial charge in [0, 0.05) is 44.0 Å². The van der Waals surface area contributed by atoms with E-state index in [-0.39, 0.29) is 50.5 Å². The summed E-state index contributed by atoms with van der Waals surface area (Å²) in [7, 11) is 5.24. The van der Waals surface area contributed by atoms with Crippen molar-refractivity contribution in [1.82, 2.24) is 10.2 Å². The maximum absolute atomic E-state index is 14.2. The van der Waals surface area contributed by atoms with Crippen molar-refractivity contribution in [2.75, 3.05) is 34.4 Å². The lowest BCUT2D eigenvalue weighted by molar-refractivity contribution is -0.318. The van der Waals surface area contributed by atoms with Crippen LogP contribution in [0.4, 0.5) is 0 Å². The third-order valence-electron chi connectivity index (χ3n) is 12.6. The summed E-state index contributed by atoms with van der Waals surface area (Å²) < 4.78 is 37.6. The summed E-state index contributed by atoms with van der Waals surface area (Å²) in [6.07, 6.45) is -8.88. The van der Waals surface area contributed by atoms with Crippen molar-refractivity contribution in [2.24, 2.45) is 23.7 Å². The second kappa shape index (κ2) is 19.1. The van der Waals surface area contributed by atoms with E-state index in [9.17, 15) is 35.4 Å². The maximum atomic E-state index is 14.2. The Hall–Kier alpha value is -1.05. The van der Waals surface area contributed by atoms with Crippen LogP contribution in [0.3, 0.4) is 0 Å². The Morgan fingerprint density at radius 3 is 2.11 bits per heavy atom. The molecule has 3 aliphatic rings. The summed E-state index contributed by atoms with van der Waals surface area (Å²) in [4.78, 5) is 16.2. The first-order valence-electron chi connectivity index (χ1n) is 19.8. The summed E-state index contributed by atoms with van der Waals surface area (Å²) in [5.74, 6) is -3.57. The molecule has 0 unspecified atom stereocenters. The van der Waals surface area contributed by atoms with Gasteiger partial charge in [-0.15, -0.1) is 0 Å².